The molecule has 7 nitrogen and oxygen atoms in total. The molecule has 3 aromatic rings. The smallest absolute Gasteiger partial charge is 0.212 e. The lowest BCUT2D eigenvalue weighted by Crippen LogP contribution is -2.00. The van der Waals surface area contributed by atoms with E-state index in [1.165, 1.54) is 4.80 Å². The van der Waals surface area contributed by atoms with Gasteiger partial charge in [-0.15, -0.1) is 10.2 Å². The van der Waals surface area contributed by atoms with Crippen LogP contribution in [-0.4, -0.2) is 25.2 Å². The second kappa shape index (κ2) is 4.52. The molecule has 0 amide bonds. The van der Waals surface area contributed by atoms with Crippen LogP contribution in [-0.2, 0) is 13.7 Å². The second-order valence-corrected chi connectivity index (χ2v) is 4.04. The van der Waals surface area contributed by atoms with Crippen molar-refractivity contribution in [3.63, 3.8) is 0 Å². The van der Waals surface area contributed by atoms with Crippen molar-refractivity contribution in [2.75, 3.05) is 5.73 Å². The van der Waals surface area contributed by atoms with Crippen molar-refractivity contribution in [2.24, 2.45) is 7.05 Å². The molecule has 0 fully saturated rings. The minimum absolute atomic E-state index is 0.240. The Morgan fingerprint density at radius 2 is 2.21 bits per heavy atom. The summed E-state index contributed by atoms with van der Waals surface area (Å²) >= 11 is 0. The van der Waals surface area contributed by atoms with Crippen molar-refractivity contribution in [2.45, 2.75) is 6.61 Å². The number of nitrogens with two attached hydrogens (primary N) is 1. The molecule has 0 radical (unpaired) electrons. The fraction of sp³-hybridized carbons (Fsp3) is 0.167. The van der Waals surface area contributed by atoms with Crippen LogP contribution in [0.3, 0.4) is 0 Å². The molecule has 2 aromatic heterocycles. The van der Waals surface area contributed by atoms with Gasteiger partial charge in [-0.1, -0.05) is 0 Å². The molecule has 7 heteroatoms. The summed E-state index contributed by atoms with van der Waals surface area (Å²) in [5, 5.41) is 12.5. The minimum atomic E-state index is 0.240. The third-order valence-corrected chi connectivity index (χ3v) is 2.67. The van der Waals surface area contributed by atoms with Gasteiger partial charge in [-0.05, 0) is 29.5 Å². The van der Waals surface area contributed by atoms with E-state index >= 15 is 0 Å². The van der Waals surface area contributed by atoms with Crippen molar-refractivity contribution in [1.29, 1.82) is 0 Å². The molecule has 0 saturated carbocycles. The van der Waals surface area contributed by atoms with Crippen LogP contribution in [0, 0.1) is 0 Å². The maximum Gasteiger partial charge on any atom is 0.212 e. The SMILES string of the molecule is Cn1nnc(COc2ccc(N)c3cccnc23)n1. The number of fused-ring (bicyclic) bond motifs is 1. The van der Waals surface area contributed by atoms with Gasteiger partial charge in [-0.25, -0.2) is 0 Å². The number of pyridine rings is 1. The Balaban J connectivity index is 1.91. The number of rotatable bonds is 3. The lowest BCUT2D eigenvalue weighted by atomic mass is 10.2. The molecule has 2 heterocycles. The third kappa shape index (κ3) is 2.17. The van der Waals surface area contributed by atoms with Crippen molar-refractivity contribution in [1.82, 2.24) is 25.2 Å². The second-order valence-electron chi connectivity index (χ2n) is 4.04. The maximum atomic E-state index is 5.90. The van der Waals surface area contributed by atoms with Crippen molar-refractivity contribution < 1.29 is 4.74 Å². The van der Waals surface area contributed by atoms with Crippen LogP contribution < -0.4 is 10.5 Å². The van der Waals surface area contributed by atoms with Gasteiger partial charge in [0.1, 0.15) is 11.3 Å². The van der Waals surface area contributed by atoms with Gasteiger partial charge in [0.15, 0.2) is 6.61 Å². The number of aryl methyl sites for hydroxylation is 1. The topological polar surface area (TPSA) is 91.7 Å². The van der Waals surface area contributed by atoms with E-state index in [-0.39, 0.29) is 6.61 Å². The Labute approximate surface area is 109 Å². The highest BCUT2D eigenvalue weighted by Crippen LogP contribution is 2.28. The number of benzene rings is 1. The van der Waals surface area contributed by atoms with E-state index in [1.807, 2.05) is 12.1 Å². The first kappa shape index (κ1) is 11.4. The first-order chi connectivity index (χ1) is 9.24. The first-order valence-corrected chi connectivity index (χ1v) is 5.73. The Morgan fingerprint density at radius 1 is 1.32 bits per heavy atom. The zero-order valence-corrected chi connectivity index (χ0v) is 10.3. The summed E-state index contributed by atoms with van der Waals surface area (Å²) in [4.78, 5) is 5.68. The van der Waals surface area contributed by atoms with Gasteiger partial charge in [0, 0.05) is 17.3 Å². The molecule has 0 aliphatic carbocycles. The number of tetrazole rings is 1. The van der Waals surface area contributed by atoms with E-state index in [0.29, 0.717) is 17.3 Å². The minimum Gasteiger partial charge on any atom is -0.483 e. The van der Waals surface area contributed by atoms with E-state index < -0.39 is 0 Å². The molecular weight excluding hydrogens is 244 g/mol. The Morgan fingerprint density at radius 3 is 3.00 bits per heavy atom. The Kier molecular flexibility index (Phi) is 2.71. The van der Waals surface area contributed by atoms with Crippen molar-refractivity contribution in [3.8, 4) is 5.75 Å². The maximum absolute atomic E-state index is 5.90. The molecule has 0 atom stereocenters. The van der Waals surface area contributed by atoms with E-state index in [9.17, 15) is 0 Å². The fourth-order valence-corrected chi connectivity index (χ4v) is 1.81. The molecule has 0 bridgehead atoms. The molecule has 0 unspecified atom stereocenters. The van der Waals surface area contributed by atoms with Gasteiger partial charge in [0.25, 0.3) is 0 Å². The summed E-state index contributed by atoms with van der Waals surface area (Å²) in [6.45, 7) is 0.240. The monoisotopic (exact) mass is 256 g/mol. The van der Waals surface area contributed by atoms with Gasteiger partial charge in [-0.2, -0.15) is 4.80 Å². The lowest BCUT2D eigenvalue weighted by molar-refractivity contribution is 0.298. The average molecular weight is 256 g/mol. The predicted octanol–water partition coefficient (Wildman–Crippen LogP) is 0.919. The van der Waals surface area contributed by atoms with E-state index in [2.05, 4.69) is 20.4 Å². The number of nitrogens with zero attached hydrogens (tertiary/aromatic N) is 5. The zero-order chi connectivity index (χ0) is 13.2. The molecule has 96 valence electrons. The quantitative estimate of drug-likeness (QED) is 0.700. The van der Waals surface area contributed by atoms with Crippen molar-refractivity contribution in [3.05, 3.63) is 36.3 Å². The van der Waals surface area contributed by atoms with Gasteiger partial charge >= 0.3 is 0 Å². The number of ether oxygens (including phenoxy) is 1. The van der Waals surface area contributed by atoms with Crippen LogP contribution in [0.4, 0.5) is 5.69 Å². The molecule has 0 aliphatic rings. The van der Waals surface area contributed by atoms with Crippen molar-refractivity contribution >= 4 is 16.6 Å². The lowest BCUT2D eigenvalue weighted by Gasteiger charge is -2.08. The third-order valence-electron chi connectivity index (χ3n) is 2.67. The highest BCUT2D eigenvalue weighted by molar-refractivity contribution is 5.94. The largest absolute Gasteiger partial charge is 0.483 e. The summed E-state index contributed by atoms with van der Waals surface area (Å²) in [5.74, 6) is 1.17. The number of hydrogen-bond acceptors (Lipinski definition) is 6. The van der Waals surface area contributed by atoms with E-state index in [0.717, 1.165) is 10.9 Å². The highest BCUT2D eigenvalue weighted by atomic mass is 16.5. The van der Waals surface area contributed by atoms with Crippen LogP contribution in [0.5, 0.6) is 5.75 Å². The summed E-state index contributed by atoms with van der Waals surface area (Å²) < 4.78 is 5.68. The summed E-state index contributed by atoms with van der Waals surface area (Å²) in [6.07, 6.45) is 1.70. The average Bonchev–Trinajstić information content (AvgIpc) is 2.84. The molecule has 2 N–H and O–H groups in total. The summed E-state index contributed by atoms with van der Waals surface area (Å²) in [7, 11) is 1.71. The van der Waals surface area contributed by atoms with Crippen LogP contribution >= 0.6 is 0 Å². The molecule has 3 rings (SSSR count). The van der Waals surface area contributed by atoms with Crippen LogP contribution in [0.15, 0.2) is 30.5 Å². The fourth-order valence-electron chi connectivity index (χ4n) is 1.81. The van der Waals surface area contributed by atoms with Crippen LogP contribution in [0.1, 0.15) is 5.82 Å². The molecule has 0 spiro atoms. The van der Waals surface area contributed by atoms with Gasteiger partial charge in [0.2, 0.25) is 5.82 Å². The van der Waals surface area contributed by atoms with Gasteiger partial charge < -0.3 is 10.5 Å². The van der Waals surface area contributed by atoms with Crippen LogP contribution in [0.25, 0.3) is 10.9 Å². The van der Waals surface area contributed by atoms with Gasteiger partial charge in [-0.3, -0.25) is 4.98 Å². The first-order valence-electron chi connectivity index (χ1n) is 5.73. The molecular formula is C12H12N6O. The number of anilines is 1. The van der Waals surface area contributed by atoms with E-state index in [4.69, 9.17) is 10.5 Å². The van der Waals surface area contributed by atoms with Crippen LogP contribution in [0.2, 0.25) is 0 Å². The zero-order valence-electron chi connectivity index (χ0n) is 10.3. The molecule has 0 saturated heterocycles. The molecule has 19 heavy (non-hydrogen) atoms. The standard InChI is InChI=1S/C12H12N6O/c1-18-16-11(15-17-18)7-19-10-5-4-9(13)8-3-2-6-14-12(8)10/h2-6H,7,13H2,1H3. The highest BCUT2D eigenvalue weighted by Gasteiger charge is 2.08. The molecule has 0 aliphatic heterocycles. The number of hydrogen-bond donors (Lipinski definition) is 1. The Hall–Kier alpha value is -2.70. The van der Waals surface area contributed by atoms with Gasteiger partial charge in [0.05, 0.1) is 7.05 Å². The summed E-state index contributed by atoms with van der Waals surface area (Å²) in [5.41, 5.74) is 7.30. The number of nitrogen functional groups attached to an aromatic ring is 1. The normalized spacial score (nSPS) is 10.8. The predicted molar refractivity (Wildman–Crippen MR) is 69.3 cm³/mol. The number of aromatic nitrogens is 5. The molecule has 1 aromatic carbocycles. The van der Waals surface area contributed by atoms with E-state index in [1.54, 1.807) is 25.4 Å². The summed E-state index contributed by atoms with van der Waals surface area (Å²) in [6, 6.07) is 7.34. The Bertz CT molecular complexity index is 723.